The molecule has 3 heteroatoms. The molecular weight excluding hydrogens is 184 g/mol. The van der Waals surface area contributed by atoms with Crippen LogP contribution in [0.3, 0.4) is 0 Å². The molecule has 0 amide bonds. The second-order valence-electron chi connectivity index (χ2n) is 3.59. The second-order valence-corrected chi connectivity index (χ2v) is 3.59. The fourth-order valence-corrected chi connectivity index (χ4v) is 1.32. The van der Waals surface area contributed by atoms with Crippen molar-refractivity contribution in [2.75, 3.05) is 26.8 Å². The molecule has 2 nitrogen and oxygen atoms in total. The summed E-state index contributed by atoms with van der Waals surface area (Å²) in [6, 6.07) is 0. The van der Waals surface area contributed by atoms with Crippen LogP contribution in [0.4, 0.5) is 0 Å². The Morgan fingerprint density at radius 3 is 2.31 bits per heavy atom. The van der Waals surface area contributed by atoms with Crippen molar-refractivity contribution in [3.05, 3.63) is 0 Å². The highest BCUT2D eigenvalue weighted by Crippen LogP contribution is 1.89. The highest BCUT2D eigenvalue weighted by Gasteiger charge is 1.96. The predicted molar refractivity (Wildman–Crippen MR) is 54.4 cm³/mol. The first-order chi connectivity index (χ1) is 5.81. The van der Waals surface area contributed by atoms with Crippen LogP contribution in [-0.2, 0) is 0 Å². The topological polar surface area (TPSA) is 16.5 Å². The average Bonchev–Trinajstić information content (AvgIpc) is 2.05. The van der Waals surface area contributed by atoms with Gasteiger partial charge in [-0.15, -0.1) is 0 Å². The summed E-state index contributed by atoms with van der Waals surface area (Å²) < 4.78 is 0. The van der Waals surface area contributed by atoms with Crippen LogP contribution >= 0.6 is 0 Å². The van der Waals surface area contributed by atoms with Crippen molar-refractivity contribution in [1.29, 1.82) is 0 Å². The molecule has 0 bridgehead atoms. The summed E-state index contributed by atoms with van der Waals surface area (Å²) in [7, 11) is 2.25. The summed E-state index contributed by atoms with van der Waals surface area (Å²) in [6.45, 7) is 8.07. The Labute approximate surface area is 89.5 Å². The van der Waals surface area contributed by atoms with Crippen LogP contribution in [0.25, 0.3) is 0 Å². The third kappa shape index (κ3) is 12.2. The third-order valence-corrected chi connectivity index (χ3v) is 2.06. The van der Waals surface area contributed by atoms with Crippen LogP contribution in [0.1, 0.15) is 39.5 Å². The Morgan fingerprint density at radius 2 is 1.77 bits per heavy atom. The molecule has 0 heterocycles. The zero-order valence-electron chi connectivity index (χ0n) is 9.33. The standard InChI is InChI=1S/C10H24N2.ClH/c1-4-6-7-8-11-10-12(3)9-5-2;/h11H,4-10H2,1-3H3;1H. The Bertz CT molecular complexity index is 89.0. The van der Waals surface area contributed by atoms with E-state index in [4.69, 9.17) is 0 Å². The van der Waals surface area contributed by atoms with E-state index in [0.29, 0.717) is 0 Å². The summed E-state index contributed by atoms with van der Waals surface area (Å²) in [4.78, 5) is 1.59. The monoisotopic (exact) mass is 208 g/mol. The fraction of sp³-hybridized carbons (Fsp3) is 1.00. The number of quaternary nitrogens is 1. The normalized spacial score (nSPS) is 12.2. The molecule has 0 saturated heterocycles. The van der Waals surface area contributed by atoms with Gasteiger partial charge >= 0.3 is 0 Å². The minimum Gasteiger partial charge on any atom is -1.00 e. The Morgan fingerprint density at radius 1 is 1.08 bits per heavy atom. The van der Waals surface area contributed by atoms with Gasteiger partial charge in [0, 0.05) is 6.54 Å². The number of hydrogen-bond donors (Lipinski definition) is 2. The number of unbranched alkanes of at least 4 members (excludes halogenated alkanes) is 2. The van der Waals surface area contributed by atoms with Gasteiger partial charge in [-0.05, 0) is 12.8 Å². The zero-order valence-corrected chi connectivity index (χ0v) is 10.1. The van der Waals surface area contributed by atoms with Gasteiger partial charge < -0.3 is 17.3 Å². The van der Waals surface area contributed by atoms with Crippen LogP contribution in [-0.4, -0.2) is 26.8 Å². The van der Waals surface area contributed by atoms with Gasteiger partial charge in [0.15, 0.2) is 0 Å². The first-order valence-electron chi connectivity index (χ1n) is 5.33. The quantitative estimate of drug-likeness (QED) is 0.338. The minimum absolute atomic E-state index is 0. The summed E-state index contributed by atoms with van der Waals surface area (Å²) in [5, 5.41) is 3.47. The van der Waals surface area contributed by atoms with Crippen LogP contribution in [0.15, 0.2) is 0 Å². The molecule has 0 aliphatic carbocycles. The molecule has 0 saturated carbocycles. The third-order valence-electron chi connectivity index (χ3n) is 2.06. The molecule has 0 rings (SSSR count). The molecule has 0 radical (unpaired) electrons. The van der Waals surface area contributed by atoms with E-state index in [-0.39, 0.29) is 12.4 Å². The summed E-state index contributed by atoms with van der Waals surface area (Å²) in [5.74, 6) is 0. The van der Waals surface area contributed by atoms with Crippen molar-refractivity contribution in [2.45, 2.75) is 39.5 Å². The van der Waals surface area contributed by atoms with E-state index in [1.165, 1.54) is 38.8 Å². The SMILES string of the molecule is CCCCCNC[NH+](C)CCC.[Cl-]. The lowest BCUT2D eigenvalue weighted by molar-refractivity contribution is -0.882. The molecule has 0 aromatic heterocycles. The molecule has 1 atom stereocenters. The van der Waals surface area contributed by atoms with Gasteiger partial charge in [0.25, 0.3) is 0 Å². The molecule has 1 unspecified atom stereocenters. The van der Waals surface area contributed by atoms with Crippen molar-refractivity contribution in [2.24, 2.45) is 0 Å². The molecule has 0 aromatic rings. The summed E-state index contributed by atoms with van der Waals surface area (Å²) >= 11 is 0. The van der Waals surface area contributed by atoms with Crippen molar-refractivity contribution in [1.82, 2.24) is 5.32 Å². The lowest BCUT2D eigenvalue weighted by Crippen LogP contribution is -3.10. The second kappa shape index (κ2) is 12.2. The van der Waals surface area contributed by atoms with Gasteiger partial charge in [-0.3, -0.25) is 5.32 Å². The van der Waals surface area contributed by atoms with E-state index in [2.05, 4.69) is 26.2 Å². The van der Waals surface area contributed by atoms with E-state index in [9.17, 15) is 0 Å². The van der Waals surface area contributed by atoms with Gasteiger partial charge in [-0.25, -0.2) is 0 Å². The maximum atomic E-state index is 3.47. The minimum atomic E-state index is 0. The highest BCUT2D eigenvalue weighted by atomic mass is 35.5. The fourth-order valence-electron chi connectivity index (χ4n) is 1.32. The van der Waals surface area contributed by atoms with Gasteiger partial charge in [0.05, 0.1) is 13.6 Å². The Kier molecular flexibility index (Phi) is 14.7. The van der Waals surface area contributed by atoms with Crippen LogP contribution < -0.4 is 22.6 Å². The first kappa shape index (κ1) is 15.7. The van der Waals surface area contributed by atoms with Crippen molar-refractivity contribution >= 4 is 0 Å². The number of halogens is 1. The number of hydrogen-bond acceptors (Lipinski definition) is 1. The maximum absolute atomic E-state index is 3.47. The molecule has 0 aliphatic heterocycles. The number of nitrogens with one attached hydrogen (secondary N) is 2. The smallest absolute Gasteiger partial charge is 0.130 e. The van der Waals surface area contributed by atoms with Crippen molar-refractivity contribution in [3.63, 3.8) is 0 Å². The lowest BCUT2D eigenvalue weighted by atomic mass is 10.2. The lowest BCUT2D eigenvalue weighted by Gasteiger charge is -2.13. The Balaban J connectivity index is 0. The largest absolute Gasteiger partial charge is 1.00 e. The van der Waals surface area contributed by atoms with Crippen molar-refractivity contribution in [3.8, 4) is 0 Å². The van der Waals surface area contributed by atoms with Crippen LogP contribution in [0, 0.1) is 0 Å². The van der Waals surface area contributed by atoms with Gasteiger partial charge in [-0.1, -0.05) is 26.7 Å². The maximum Gasteiger partial charge on any atom is 0.130 e. The molecule has 13 heavy (non-hydrogen) atoms. The van der Waals surface area contributed by atoms with Crippen LogP contribution in [0.5, 0.6) is 0 Å². The van der Waals surface area contributed by atoms with Gasteiger partial charge in [0.2, 0.25) is 0 Å². The summed E-state index contributed by atoms with van der Waals surface area (Å²) in [5.41, 5.74) is 0. The average molecular weight is 209 g/mol. The molecule has 0 aliphatic rings. The van der Waals surface area contributed by atoms with Gasteiger partial charge in [0.1, 0.15) is 6.67 Å². The van der Waals surface area contributed by atoms with Crippen LogP contribution in [0.2, 0.25) is 0 Å². The van der Waals surface area contributed by atoms with E-state index >= 15 is 0 Å². The number of rotatable bonds is 8. The highest BCUT2D eigenvalue weighted by molar-refractivity contribution is 4.41. The molecule has 0 fully saturated rings. The molecule has 0 aromatic carbocycles. The molecule has 0 spiro atoms. The van der Waals surface area contributed by atoms with E-state index < -0.39 is 0 Å². The Hall–Kier alpha value is 0.210. The predicted octanol–water partition coefficient (Wildman–Crippen LogP) is -2.35. The van der Waals surface area contributed by atoms with E-state index in [1.54, 1.807) is 4.90 Å². The van der Waals surface area contributed by atoms with Gasteiger partial charge in [-0.2, -0.15) is 0 Å². The zero-order chi connectivity index (χ0) is 9.23. The van der Waals surface area contributed by atoms with E-state index in [0.717, 1.165) is 6.67 Å². The molecule has 82 valence electrons. The first-order valence-corrected chi connectivity index (χ1v) is 5.33. The summed E-state index contributed by atoms with van der Waals surface area (Å²) in [6.07, 6.45) is 5.29. The van der Waals surface area contributed by atoms with E-state index in [1.807, 2.05) is 0 Å². The molecular formula is C10H25ClN2. The van der Waals surface area contributed by atoms with Crippen molar-refractivity contribution < 1.29 is 17.3 Å². The molecule has 2 N–H and O–H groups in total.